The van der Waals surface area contributed by atoms with Crippen molar-refractivity contribution in [3.8, 4) is 0 Å². The van der Waals surface area contributed by atoms with Crippen LogP contribution < -0.4 is 10.6 Å². The standard InChI is InChI=1S/C18H23ClN2O4/c1-12-7-8-14(9-15(12)19)21-16(22)11-25-17(23)10-20-18(24)13-5-3-2-4-6-13/h7-9,13H,2-6,10-11H2,1H3,(H,20,24)(H,21,22). The number of carbonyl (C=O) groups is 3. The Bertz CT molecular complexity index is 642. The summed E-state index contributed by atoms with van der Waals surface area (Å²) in [5, 5.41) is 5.71. The number of esters is 1. The van der Waals surface area contributed by atoms with Crippen molar-refractivity contribution in [1.29, 1.82) is 0 Å². The van der Waals surface area contributed by atoms with Crippen molar-refractivity contribution in [1.82, 2.24) is 5.32 Å². The third-order valence-corrected chi connectivity index (χ3v) is 4.61. The number of anilines is 1. The SMILES string of the molecule is Cc1ccc(NC(=O)COC(=O)CNC(=O)C2CCCCC2)cc1Cl. The van der Waals surface area contributed by atoms with E-state index in [9.17, 15) is 14.4 Å². The molecular formula is C18H23ClN2O4. The molecule has 0 saturated heterocycles. The minimum absolute atomic E-state index is 0.0175. The lowest BCUT2D eigenvalue weighted by Crippen LogP contribution is -2.36. The van der Waals surface area contributed by atoms with Crippen molar-refractivity contribution >= 4 is 35.1 Å². The number of aryl methyl sites for hydroxylation is 1. The minimum atomic E-state index is -0.638. The molecule has 0 heterocycles. The Morgan fingerprint density at radius 1 is 1.20 bits per heavy atom. The molecule has 0 radical (unpaired) electrons. The van der Waals surface area contributed by atoms with Gasteiger partial charge >= 0.3 is 5.97 Å². The average molecular weight is 367 g/mol. The van der Waals surface area contributed by atoms with Crippen molar-refractivity contribution in [3.05, 3.63) is 28.8 Å². The first-order valence-corrected chi connectivity index (χ1v) is 8.83. The topological polar surface area (TPSA) is 84.5 Å². The van der Waals surface area contributed by atoms with Crippen LogP contribution in [0.5, 0.6) is 0 Å². The van der Waals surface area contributed by atoms with Gasteiger partial charge in [0.2, 0.25) is 5.91 Å². The van der Waals surface area contributed by atoms with Crippen LogP contribution in [0.15, 0.2) is 18.2 Å². The normalized spacial score (nSPS) is 14.6. The van der Waals surface area contributed by atoms with Crippen molar-refractivity contribution in [2.75, 3.05) is 18.5 Å². The maximum Gasteiger partial charge on any atom is 0.325 e. The molecule has 7 heteroatoms. The number of ether oxygens (including phenoxy) is 1. The molecule has 0 atom stereocenters. The first kappa shape index (κ1) is 19.2. The number of rotatable bonds is 6. The summed E-state index contributed by atoms with van der Waals surface area (Å²) in [6.45, 7) is 1.22. The third-order valence-electron chi connectivity index (χ3n) is 4.20. The molecule has 6 nitrogen and oxygen atoms in total. The van der Waals surface area contributed by atoms with E-state index in [1.807, 2.05) is 6.92 Å². The van der Waals surface area contributed by atoms with E-state index in [-0.39, 0.29) is 18.4 Å². The van der Waals surface area contributed by atoms with Gasteiger partial charge in [-0.3, -0.25) is 14.4 Å². The van der Waals surface area contributed by atoms with Crippen LogP contribution in [-0.4, -0.2) is 30.9 Å². The van der Waals surface area contributed by atoms with Gasteiger partial charge in [0.1, 0.15) is 6.54 Å². The molecule has 1 aliphatic carbocycles. The molecule has 25 heavy (non-hydrogen) atoms. The fourth-order valence-corrected chi connectivity index (χ4v) is 2.91. The monoisotopic (exact) mass is 366 g/mol. The van der Waals surface area contributed by atoms with Crippen LogP contribution in [0, 0.1) is 12.8 Å². The third kappa shape index (κ3) is 6.38. The van der Waals surface area contributed by atoms with Crippen LogP contribution in [0.2, 0.25) is 5.02 Å². The number of hydrogen-bond donors (Lipinski definition) is 2. The maximum absolute atomic E-state index is 11.9. The zero-order valence-corrected chi connectivity index (χ0v) is 15.0. The second kappa shape index (κ2) is 9.42. The first-order valence-electron chi connectivity index (χ1n) is 8.45. The molecule has 1 aliphatic rings. The Morgan fingerprint density at radius 3 is 2.60 bits per heavy atom. The van der Waals surface area contributed by atoms with E-state index in [4.69, 9.17) is 16.3 Å². The molecular weight excluding hydrogens is 344 g/mol. The first-order chi connectivity index (χ1) is 12.0. The van der Waals surface area contributed by atoms with Gasteiger partial charge in [-0.2, -0.15) is 0 Å². The van der Waals surface area contributed by atoms with E-state index in [0.29, 0.717) is 10.7 Å². The lowest BCUT2D eigenvalue weighted by molar-refractivity contribution is -0.147. The highest BCUT2D eigenvalue weighted by atomic mass is 35.5. The fraction of sp³-hybridized carbons (Fsp3) is 0.500. The molecule has 136 valence electrons. The molecule has 2 amide bonds. The van der Waals surface area contributed by atoms with Crippen LogP contribution in [0.25, 0.3) is 0 Å². The fourth-order valence-electron chi connectivity index (χ4n) is 2.73. The summed E-state index contributed by atoms with van der Waals surface area (Å²) in [6, 6.07) is 5.12. The van der Waals surface area contributed by atoms with Crippen LogP contribution in [-0.2, 0) is 19.1 Å². The van der Waals surface area contributed by atoms with Gasteiger partial charge in [0.25, 0.3) is 5.91 Å². The summed E-state index contributed by atoms with van der Waals surface area (Å²) in [6.07, 6.45) is 4.98. The molecule has 0 bridgehead atoms. The maximum atomic E-state index is 11.9. The average Bonchev–Trinajstić information content (AvgIpc) is 2.61. The smallest absolute Gasteiger partial charge is 0.325 e. The van der Waals surface area contributed by atoms with E-state index in [2.05, 4.69) is 10.6 Å². The Balaban J connectivity index is 1.67. The van der Waals surface area contributed by atoms with E-state index >= 15 is 0 Å². The van der Waals surface area contributed by atoms with Gasteiger partial charge in [-0.25, -0.2) is 0 Å². The largest absolute Gasteiger partial charge is 0.454 e. The van der Waals surface area contributed by atoms with Gasteiger partial charge < -0.3 is 15.4 Å². The highest BCUT2D eigenvalue weighted by molar-refractivity contribution is 6.31. The summed E-state index contributed by atoms with van der Waals surface area (Å²) >= 11 is 5.98. The lowest BCUT2D eigenvalue weighted by Gasteiger charge is -2.20. The number of carbonyl (C=O) groups excluding carboxylic acids is 3. The molecule has 0 aromatic heterocycles. The molecule has 1 aromatic rings. The number of benzene rings is 1. The van der Waals surface area contributed by atoms with E-state index in [0.717, 1.165) is 37.7 Å². The number of nitrogens with one attached hydrogen (secondary N) is 2. The predicted molar refractivity (Wildman–Crippen MR) is 95.4 cm³/mol. The molecule has 2 N–H and O–H groups in total. The summed E-state index contributed by atoms with van der Waals surface area (Å²) in [5.41, 5.74) is 1.43. The molecule has 1 saturated carbocycles. The summed E-state index contributed by atoms with van der Waals surface area (Å²) in [7, 11) is 0. The van der Waals surface area contributed by atoms with Crippen molar-refractivity contribution in [3.63, 3.8) is 0 Å². The molecule has 1 aromatic carbocycles. The predicted octanol–water partition coefficient (Wildman–Crippen LogP) is 2.83. The summed E-state index contributed by atoms with van der Waals surface area (Å²) < 4.78 is 4.87. The number of hydrogen-bond acceptors (Lipinski definition) is 4. The van der Waals surface area contributed by atoms with Gasteiger partial charge in [-0.05, 0) is 37.5 Å². The van der Waals surface area contributed by atoms with Gasteiger partial charge in [0.05, 0.1) is 0 Å². The Hall–Kier alpha value is -2.08. The highest BCUT2D eigenvalue weighted by Crippen LogP contribution is 2.23. The van der Waals surface area contributed by atoms with Crippen LogP contribution in [0.3, 0.4) is 0 Å². The highest BCUT2D eigenvalue weighted by Gasteiger charge is 2.21. The van der Waals surface area contributed by atoms with Crippen molar-refractivity contribution in [2.24, 2.45) is 5.92 Å². The Kier molecular flexibility index (Phi) is 7.25. The number of halogens is 1. The molecule has 1 fully saturated rings. The molecule has 0 unspecified atom stereocenters. The van der Waals surface area contributed by atoms with Gasteiger partial charge in [-0.1, -0.05) is 36.9 Å². The molecule has 2 rings (SSSR count). The van der Waals surface area contributed by atoms with E-state index < -0.39 is 18.5 Å². The summed E-state index contributed by atoms with van der Waals surface area (Å²) in [4.78, 5) is 35.4. The lowest BCUT2D eigenvalue weighted by atomic mass is 9.89. The van der Waals surface area contributed by atoms with Crippen molar-refractivity contribution < 1.29 is 19.1 Å². The minimum Gasteiger partial charge on any atom is -0.454 e. The van der Waals surface area contributed by atoms with Crippen LogP contribution in [0.1, 0.15) is 37.7 Å². The zero-order chi connectivity index (χ0) is 18.2. The molecule has 0 aliphatic heterocycles. The molecule has 0 spiro atoms. The van der Waals surface area contributed by atoms with Gasteiger partial charge in [-0.15, -0.1) is 0 Å². The summed E-state index contributed by atoms with van der Waals surface area (Å²) in [5.74, 6) is -1.24. The van der Waals surface area contributed by atoms with E-state index in [1.54, 1.807) is 18.2 Å². The van der Waals surface area contributed by atoms with Crippen LogP contribution in [0.4, 0.5) is 5.69 Å². The zero-order valence-electron chi connectivity index (χ0n) is 14.3. The van der Waals surface area contributed by atoms with Gasteiger partial charge in [0.15, 0.2) is 6.61 Å². The quantitative estimate of drug-likeness (QED) is 0.758. The van der Waals surface area contributed by atoms with Crippen LogP contribution >= 0.6 is 11.6 Å². The van der Waals surface area contributed by atoms with Crippen molar-refractivity contribution in [2.45, 2.75) is 39.0 Å². The Labute approximate surface area is 152 Å². The van der Waals surface area contributed by atoms with E-state index in [1.165, 1.54) is 0 Å². The second-order valence-electron chi connectivity index (χ2n) is 6.23. The van der Waals surface area contributed by atoms with Gasteiger partial charge in [0, 0.05) is 16.6 Å². The number of amides is 2. The second-order valence-corrected chi connectivity index (χ2v) is 6.63. The Morgan fingerprint density at radius 2 is 1.92 bits per heavy atom.